The number of benzene rings is 2. The smallest absolute Gasteiger partial charge is 0.332 e. The molecule has 5 rings (SSSR count). The van der Waals surface area contributed by atoms with Gasteiger partial charge >= 0.3 is 5.69 Å². The van der Waals surface area contributed by atoms with Crippen LogP contribution >= 0.6 is 0 Å². The predicted octanol–water partition coefficient (Wildman–Crippen LogP) is 2.58. The van der Waals surface area contributed by atoms with Crippen molar-refractivity contribution in [1.82, 2.24) is 14.1 Å². The molecule has 4 aromatic rings. The summed E-state index contributed by atoms with van der Waals surface area (Å²) in [5.41, 5.74) is 3.74. The number of ketones is 1. The fourth-order valence-electron chi connectivity index (χ4n) is 4.24. The van der Waals surface area contributed by atoms with Gasteiger partial charge in [-0.15, -0.1) is 0 Å². The third kappa shape index (κ3) is 2.53. The second-order valence-electron chi connectivity index (χ2n) is 7.93. The van der Waals surface area contributed by atoms with Crippen LogP contribution in [0.3, 0.4) is 0 Å². The SMILES string of the molecule is CN(C)c1ccc(-c2c3c(nc4c2c(=O)n(C)c(=O)n4C)-c2ccccc2C3=O)cc1. The highest BCUT2D eigenvalue weighted by Crippen LogP contribution is 2.42. The van der Waals surface area contributed by atoms with E-state index in [-0.39, 0.29) is 16.8 Å². The molecular formula is C24H20N4O3. The van der Waals surface area contributed by atoms with E-state index in [1.807, 2.05) is 61.5 Å². The minimum absolute atomic E-state index is 0.164. The van der Waals surface area contributed by atoms with Gasteiger partial charge in [-0.05, 0) is 17.7 Å². The van der Waals surface area contributed by atoms with Crippen molar-refractivity contribution in [2.75, 3.05) is 19.0 Å². The molecule has 7 heteroatoms. The van der Waals surface area contributed by atoms with E-state index >= 15 is 0 Å². The molecule has 31 heavy (non-hydrogen) atoms. The van der Waals surface area contributed by atoms with Crippen molar-refractivity contribution in [1.29, 1.82) is 0 Å². The summed E-state index contributed by atoms with van der Waals surface area (Å²) < 4.78 is 2.42. The molecule has 2 heterocycles. The van der Waals surface area contributed by atoms with Crippen LogP contribution in [0.1, 0.15) is 15.9 Å². The molecule has 0 aliphatic heterocycles. The van der Waals surface area contributed by atoms with Crippen molar-refractivity contribution in [3.05, 3.63) is 80.5 Å². The van der Waals surface area contributed by atoms with Crippen LogP contribution in [-0.2, 0) is 14.1 Å². The van der Waals surface area contributed by atoms with Gasteiger partial charge in [0, 0.05) is 50.6 Å². The van der Waals surface area contributed by atoms with Crippen LogP contribution in [0, 0.1) is 0 Å². The molecule has 0 N–H and O–H groups in total. The lowest BCUT2D eigenvalue weighted by Crippen LogP contribution is -2.37. The summed E-state index contributed by atoms with van der Waals surface area (Å²) in [7, 11) is 6.92. The van der Waals surface area contributed by atoms with Crippen LogP contribution in [0.4, 0.5) is 5.69 Å². The van der Waals surface area contributed by atoms with Crippen molar-refractivity contribution in [3.63, 3.8) is 0 Å². The highest BCUT2D eigenvalue weighted by Gasteiger charge is 2.34. The summed E-state index contributed by atoms with van der Waals surface area (Å²) in [6.07, 6.45) is 0. The Morgan fingerprint density at radius 1 is 0.806 bits per heavy atom. The molecule has 0 radical (unpaired) electrons. The average molecular weight is 412 g/mol. The number of hydrogen-bond donors (Lipinski definition) is 0. The second kappa shape index (κ2) is 6.50. The Morgan fingerprint density at radius 3 is 2.10 bits per heavy atom. The van der Waals surface area contributed by atoms with E-state index in [0.29, 0.717) is 27.9 Å². The summed E-state index contributed by atoms with van der Waals surface area (Å²) in [5, 5.41) is 0.266. The van der Waals surface area contributed by atoms with E-state index in [9.17, 15) is 14.4 Å². The van der Waals surface area contributed by atoms with Gasteiger partial charge in [0.2, 0.25) is 0 Å². The third-order valence-corrected chi connectivity index (χ3v) is 5.91. The van der Waals surface area contributed by atoms with Gasteiger partial charge in [0.05, 0.1) is 16.6 Å². The minimum atomic E-state index is -0.469. The molecule has 0 atom stereocenters. The molecule has 154 valence electrons. The number of nitrogens with zero attached hydrogens (tertiary/aromatic N) is 4. The van der Waals surface area contributed by atoms with Gasteiger partial charge in [-0.25, -0.2) is 9.78 Å². The lowest BCUT2D eigenvalue weighted by molar-refractivity contribution is 0.104. The van der Waals surface area contributed by atoms with Gasteiger partial charge in [-0.2, -0.15) is 0 Å². The maximum absolute atomic E-state index is 13.4. The molecule has 0 unspecified atom stereocenters. The molecule has 2 aromatic carbocycles. The lowest BCUT2D eigenvalue weighted by Gasteiger charge is -2.16. The largest absolute Gasteiger partial charge is 0.378 e. The van der Waals surface area contributed by atoms with Gasteiger partial charge in [-0.3, -0.25) is 18.7 Å². The molecular weight excluding hydrogens is 392 g/mol. The Morgan fingerprint density at radius 2 is 1.45 bits per heavy atom. The third-order valence-electron chi connectivity index (χ3n) is 5.91. The average Bonchev–Trinajstić information content (AvgIpc) is 3.07. The summed E-state index contributed by atoms with van der Waals surface area (Å²) >= 11 is 0. The predicted molar refractivity (Wildman–Crippen MR) is 121 cm³/mol. The zero-order valence-electron chi connectivity index (χ0n) is 17.6. The zero-order valence-corrected chi connectivity index (χ0v) is 17.6. The molecule has 1 aliphatic rings. The molecule has 0 spiro atoms. The number of hydrogen-bond acceptors (Lipinski definition) is 5. The first-order valence-corrected chi connectivity index (χ1v) is 9.87. The molecule has 0 saturated carbocycles. The van der Waals surface area contributed by atoms with Gasteiger partial charge in [0.1, 0.15) is 0 Å². The van der Waals surface area contributed by atoms with Gasteiger partial charge in [-0.1, -0.05) is 36.4 Å². The fourth-order valence-corrected chi connectivity index (χ4v) is 4.24. The van der Waals surface area contributed by atoms with Crippen LogP contribution in [0.2, 0.25) is 0 Å². The van der Waals surface area contributed by atoms with Crippen LogP contribution in [0.5, 0.6) is 0 Å². The van der Waals surface area contributed by atoms with Gasteiger partial charge in [0.15, 0.2) is 11.4 Å². The Kier molecular flexibility index (Phi) is 3.98. The van der Waals surface area contributed by atoms with Crippen molar-refractivity contribution in [3.8, 4) is 22.4 Å². The maximum Gasteiger partial charge on any atom is 0.332 e. The van der Waals surface area contributed by atoms with Crippen LogP contribution < -0.4 is 16.1 Å². The molecule has 0 amide bonds. The van der Waals surface area contributed by atoms with E-state index in [0.717, 1.165) is 15.8 Å². The van der Waals surface area contributed by atoms with Crippen molar-refractivity contribution >= 4 is 22.5 Å². The first-order chi connectivity index (χ1) is 14.8. The molecule has 0 bridgehead atoms. The Bertz CT molecular complexity index is 1530. The van der Waals surface area contributed by atoms with Crippen molar-refractivity contribution in [2.24, 2.45) is 14.1 Å². The number of carbonyl (C=O) groups excluding carboxylic acids is 1. The summed E-state index contributed by atoms with van der Waals surface area (Å²) in [4.78, 5) is 45.9. The summed E-state index contributed by atoms with van der Waals surface area (Å²) in [6.45, 7) is 0. The quantitative estimate of drug-likeness (QED) is 0.445. The number of fused-ring (bicyclic) bond motifs is 4. The van der Waals surface area contributed by atoms with Crippen molar-refractivity contribution in [2.45, 2.75) is 0 Å². The molecule has 0 saturated heterocycles. The fraction of sp³-hybridized carbons (Fsp3) is 0.167. The number of aromatic nitrogens is 3. The summed E-state index contributed by atoms with van der Waals surface area (Å²) in [5.74, 6) is -0.164. The molecule has 1 aliphatic carbocycles. The van der Waals surface area contributed by atoms with E-state index < -0.39 is 11.2 Å². The molecule has 7 nitrogen and oxygen atoms in total. The standard InChI is InChI=1S/C24H20N4O3/c1-26(2)14-11-9-13(10-12-14)17-18-20(15-7-5-6-8-16(15)21(18)29)25-22-19(17)23(30)28(4)24(31)27(22)3/h5-12H,1-4H3. The maximum atomic E-state index is 13.4. The van der Waals surface area contributed by atoms with E-state index in [2.05, 4.69) is 4.98 Å². The van der Waals surface area contributed by atoms with Crippen molar-refractivity contribution < 1.29 is 4.79 Å². The van der Waals surface area contributed by atoms with Crippen LogP contribution in [-0.4, -0.2) is 34.0 Å². The van der Waals surface area contributed by atoms with E-state index in [1.54, 1.807) is 13.1 Å². The first kappa shape index (κ1) is 19.0. The Balaban J connectivity index is 1.99. The van der Waals surface area contributed by atoms with Crippen LogP contribution in [0.15, 0.2) is 58.1 Å². The van der Waals surface area contributed by atoms with Gasteiger partial charge in [0.25, 0.3) is 5.56 Å². The minimum Gasteiger partial charge on any atom is -0.378 e. The van der Waals surface area contributed by atoms with Gasteiger partial charge < -0.3 is 4.90 Å². The Hall–Kier alpha value is -4.00. The number of carbonyl (C=O) groups is 1. The van der Waals surface area contributed by atoms with Crippen LogP contribution in [0.25, 0.3) is 33.4 Å². The normalized spacial score (nSPS) is 12.2. The van der Waals surface area contributed by atoms with E-state index in [4.69, 9.17) is 0 Å². The topological polar surface area (TPSA) is 77.2 Å². The Labute approximate surface area is 177 Å². The zero-order chi connectivity index (χ0) is 22.0. The molecule has 2 aromatic heterocycles. The summed E-state index contributed by atoms with van der Waals surface area (Å²) in [6, 6.07) is 14.9. The monoisotopic (exact) mass is 412 g/mol. The lowest BCUT2D eigenvalue weighted by atomic mass is 9.95. The number of anilines is 1. The second-order valence-corrected chi connectivity index (χ2v) is 7.93. The number of aryl methyl sites for hydroxylation is 1. The van der Waals surface area contributed by atoms with E-state index in [1.165, 1.54) is 11.6 Å². The molecule has 0 fully saturated rings. The highest BCUT2D eigenvalue weighted by molar-refractivity contribution is 6.26. The number of pyridine rings is 1. The number of rotatable bonds is 2. The first-order valence-electron chi connectivity index (χ1n) is 9.87. The highest BCUT2D eigenvalue weighted by atomic mass is 16.2.